The van der Waals surface area contributed by atoms with Crippen molar-refractivity contribution in [3.63, 3.8) is 0 Å². The molecule has 3 aliphatic rings. The summed E-state index contributed by atoms with van der Waals surface area (Å²) < 4.78 is 0. The molecule has 3 aromatic rings. The van der Waals surface area contributed by atoms with Gasteiger partial charge in [0.15, 0.2) is 0 Å². The lowest BCUT2D eigenvalue weighted by Crippen LogP contribution is -2.17. The topological polar surface area (TPSA) is 86.0 Å². The molecule has 0 aliphatic heterocycles. The average Bonchev–Trinajstić information content (AvgIpc) is 3.42. The van der Waals surface area contributed by atoms with E-state index in [0.29, 0.717) is 11.8 Å². The predicted octanol–water partition coefficient (Wildman–Crippen LogP) is 3.74. The van der Waals surface area contributed by atoms with E-state index >= 15 is 0 Å². The summed E-state index contributed by atoms with van der Waals surface area (Å²) in [4.78, 5) is 25.3. The molecule has 3 N–H and O–H groups in total. The van der Waals surface area contributed by atoms with Crippen molar-refractivity contribution in [2.75, 3.05) is 0 Å². The Bertz CT molecular complexity index is 1010. The molecule has 3 heterocycles. The van der Waals surface area contributed by atoms with Crippen LogP contribution in [0.2, 0.25) is 0 Å². The highest BCUT2D eigenvalue weighted by molar-refractivity contribution is 5.24. The molecule has 0 radical (unpaired) electrons. The quantitative estimate of drug-likeness (QED) is 0.579. The van der Waals surface area contributed by atoms with Crippen molar-refractivity contribution < 1.29 is 0 Å². The lowest BCUT2D eigenvalue weighted by Gasteiger charge is -2.20. The van der Waals surface area contributed by atoms with Crippen LogP contribution >= 0.6 is 0 Å². The van der Waals surface area contributed by atoms with E-state index in [1.807, 2.05) is 6.92 Å². The molecule has 2 unspecified atom stereocenters. The summed E-state index contributed by atoms with van der Waals surface area (Å²) in [5.74, 6) is 4.73. The first kappa shape index (κ1) is 18.4. The van der Waals surface area contributed by atoms with Gasteiger partial charge in [-0.2, -0.15) is 0 Å². The van der Waals surface area contributed by atoms with Crippen molar-refractivity contribution >= 4 is 0 Å². The normalized spacial score (nSPS) is 21.3. The summed E-state index contributed by atoms with van der Waals surface area (Å²) in [6, 6.07) is 0. The molecule has 0 spiro atoms. The van der Waals surface area contributed by atoms with Gasteiger partial charge in [-0.15, -0.1) is 0 Å². The first-order valence-electron chi connectivity index (χ1n) is 11.9. The Balaban J connectivity index is 1.09. The van der Waals surface area contributed by atoms with Gasteiger partial charge in [0.1, 0.15) is 17.5 Å². The van der Waals surface area contributed by atoms with Gasteiger partial charge < -0.3 is 15.0 Å². The van der Waals surface area contributed by atoms with Crippen LogP contribution in [0.3, 0.4) is 0 Å². The van der Waals surface area contributed by atoms with Gasteiger partial charge >= 0.3 is 0 Å². The number of H-pyrrole nitrogens is 3. The van der Waals surface area contributed by atoms with Crippen LogP contribution in [0.1, 0.15) is 77.3 Å². The van der Waals surface area contributed by atoms with Crippen LogP contribution in [-0.2, 0) is 51.4 Å². The molecule has 158 valence electrons. The molecular formula is C24H32N6. The summed E-state index contributed by atoms with van der Waals surface area (Å²) >= 11 is 0. The molecule has 3 aromatic heterocycles. The van der Waals surface area contributed by atoms with E-state index in [4.69, 9.17) is 9.97 Å². The van der Waals surface area contributed by atoms with Crippen LogP contribution in [-0.4, -0.2) is 29.9 Å². The zero-order chi connectivity index (χ0) is 20.1. The monoisotopic (exact) mass is 404 g/mol. The second kappa shape index (κ2) is 7.40. The lowest BCUT2D eigenvalue weighted by molar-refractivity contribution is 0.440. The largest absolute Gasteiger partial charge is 0.346 e. The third-order valence-electron chi connectivity index (χ3n) is 7.37. The predicted molar refractivity (Wildman–Crippen MR) is 116 cm³/mol. The Morgan fingerprint density at radius 1 is 0.667 bits per heavy atom. The van der Waals surface area contributed by atoms with Crippen molar-refractivity contribution in [1.82, 2.24) is 29.9 Å². The number of aromatic nitrogens is 6. The van der Waals surface area contributed by atoms with Gasteiger partial charge in [0, 0.05) is 29.9 Å². The van der Waals surface area contributed by atoms with E-state index in [0.717, 1.165) is 50.8 Å². The van der Waals surface area contributed by atoms with Gasteiger partial charge in [0.25, 0.3) is 0 Å². The van der Waals surface area contributed by atoms with Crippen molar-refractivity contribution in [3.8, 4) is 0 Å². The Kier molecular flexibility index (Phi) is 4.54. The Labute approximate surface area is 177 Å². The molecule has 0 aromatic carbocycles. The molecule has 3 aliphatic carbocycles. The molecule has 6 nitrogen and oxygen atoms in total. The fourth-order valence-corrected chi connectivity index (χ4v) is 5.92. The van der Waals surface area contributed by atoms with Crippen LogP contribution in [0.25, 0.3) is 0 Å². The molecule has 0 amide bonds. The summed E-state index contributed by atoms with van der Waals surface area (Å²) in [5.41, 5.74) is 8.04. The van der Waals surface area contributed by atoms with Crippen LogP contribution in [0.5, 0.6) is 0 Å². The van der Waals surface area contributed by atoms with Crippen LogP contribution in [0.15, 0.2) is 0 Å². The number of hydrogen-bond acceptors (Lipinski definition) is 3. The number of rotatable bonds is 4. The molecule has 6 rings (SSSR count). The van der Waals surface area contributed by atoms with E-state index in [1.54, 1.807) is 0 Å². The second-order valence-electron chi connectivity index (χ2n) is 9.82. The minimum absolute atomic E-state index is 0.626. The molecule has 0 bridgehead atoms. The van der Waals surface area contributed by atoms with Crippen molar-refractivity contribution in [2.24, 2.45) is 11.8 Å². The maximum Gasteiger partial charge on any atom is 0.106 e. The van der Waals surface area contributed by atoms with Crippen LogP contribution < -0.4 is 0 Å². The summed E-state index contributed by atoms with van der Waals surface area (Å²) in [6.07, 6.45) is 14.0. The van der Waals surface area contributed by atoms with E-state index in [1.165, 1.54) is 77.9 Å². The molecule has 2 atom stereocenters. The number of aromatic amines is 3. The van der Waals surface area contributed by atoms with Crippen LogP contribution in [0, 0.1) is 18.8 Å². The maximum atomic E-state index is 4.97. The molecule has 0 fully saturated rings. The van der Waals surface area contributed by atoms with Crippen molar-refractivity contribution in [2.45, 2.75) is 84.0 Å². The molecule has 6 heteroatoms. The molecular weight excluding hydrogens is 372 g/mol. The van der Waals surface area contributed by atoms with E-state index < -0.39 is 0 Å². The highest BCUT2D eigenvalue weighted by atomic mass is 15.0. The van der Waals surface area contributed by atoms with E-state index in [9.17, 15) is 0 Å². The first-order chi connectivity index (χ1) is 14.7. The second-order valence-corrected chi connectivity index (χ2v) is 9.82. The van der Waals surface area contributed by atoms with Crippen molar-refractivity contribution in [1.29, 1.82) is 0 Å². The van der Waals surface area contributed by atoms with Crippen molar-refractivity contribution in [3.05, 3.63) is 51.6 Å². The zero-order valence-corrected chi connectivity index (χ0v) is 18.0. The average molecular weight is 405 g/mol. The Hall–Kier alpha value is -2.37. The number of aryl methyl sites for hydroxylation is 4. The fourth-order valence-electron chi connectivity index (χ4n) is 5.92. The van der Waals surface area contributed by atoms with E-state index in [2.05, 4.69) is 19.9 Å². The number of hydrogen-bond donors (Lipinski definition) is 3. The van der Waals surface area contributed by atoms with Crippen LogP contribution in [0.4, 0.5) is 0 Å². The summed E-state index contributed by atoms with van der Waals surface area (Å²) in [7, 11) is 0. The lowest BCUT2D eigenvalue weighted by atomic mass is 9.87. The Morgan fingerprint density at radius 3 is 2.23 bits per heavy atom. The van der Waals surface area contributed by atoms with E-state index in [-0.39, 0.29) is 0 Å². The highest BCUT2D eigenvalue weighted by Gasteiger charge is 2.28. The maximum absolute atomic E-state index is 4.97. The third kappa shape index (κ3) is 3.50. The standard InChI is InChI=1S/C24H32N6/c1-14-25-21-10-16(11-22(21)26-14)13-24-29-19-8-7-15(9-20(19)30-24)12-23-27-17-5-3-2-4-6-18(17)28-23/h15-16H,2-13H2,1H3,(H,25,26)(H,27,28)(H,29,30). The minimum Gasteiger partial charge on any atom is -0.346 e. The van der Waals surface area contributed by atoms with Gasteiger partial charge in [-0.1, -0.05) is 6.42 Å². The molecule has 0 saturated heterocycles. The first-order valence-corrected chi connectivity index (χ1v) is 11.9. The van der Waals surface area contributed by atoms with Gasteiger partial charge in [-0.05, 0) is 76.5 Å². The summed E-state index contributed by atoms with van der Waals surface area (Å²) in [5, 5.41) is 0. The third-order valence-corrected chi connectivity index (χ3v) is 7.37. The molecule has 30 heavy (non-hydrogen) atoms. The van der Waals surface area contributed by atoms with Gasteiger partial charge in [0.05, 0.1) is 17.1 Å². The number of nitrogens with one attached hydrogen (secondary N) is 3. The highest BCUT2D eigenvalue weighted by Crippen LogP contribution is 2.30. The smallest absolute Gasteiger partial charge is 0.106 e. The number of fused-ring (bicyclic) bond motifs is 3. The summed E-state index contributed by atoms with van der Waals surface area (Å²) in [6.45, 7) is 2.05. The van der Waals surface area contributed by atoms with Gasteiger partial charge in [-0.3, -0.25) is 0 Å². The zero-order valence-electron chi connectivity index (χ0n) is 18.0. The SMILES string of the molecule is Cc1nc2c([nH]1)CC(Cc1nc3c([nH]1)CC(Cc1nc4c([nH]1)CCCCC4)CC3)C2. The number of nitrogens with zero attached hydrogens (tertiary/aromatic N) is 3. The van der Waals surface area contributed by atoms with Gasteiger partial charge in [-0.25, -0.2) is 15.0 Å². The van der Waals surface area contributed by atoms with Gasteiger partial charge in [0.2, 0.25) is 0 Å². The fraction of sp³-hybridized carbons (Fsp3) is 0.625. The number of imidazole rings is 3. The minimum atomic E-state index is 0.626. The molecule has 0 saturated carbocycles. The Morgan fingerprint density at radius 2 is 1.37 bits per heavy atom.